The lowest BCUT2D eigenvalue weighted by Crippen LogP contribution is -2.50. The number of hydrogen-bond donors (Lipinski definition) is 1. The minimum absolute atomic E-state index is 0.0820. The standard InChI is InChI=1S/C17H24N4O3S/c1-25(23,24)19-15-7-5-11-20(13-15)14-17(22)21(12-6-10-18)16-8-3-2-4-9-16/h2-4,8-9,15,19H,5-7,11-14H2,1H3/t15-/m0/s1. The van der Waals surface area contributed by atoms with Crippen molar-refractivity contribution < 1.29 is 13.2 Å². The van der Waals surface area contributed by atoms with E-state index in [1.54, 1.807) is 4.90 Å². The molecule has 7 nitrogen and oxygen atoms in total. The van der Waals surface area contributed by atoms with Crippen molar-refractivity contribution in [2.75, 3.05) is 37.3 Å². The van der Waals surface area contributed by atoms with E-state index in [0.29, 0.717) is 13.1 Å². The van der Waals surface area contributed by atoms with Gasteiger partial charge in [0.15, 0.2) is 0 Å². The van der Waals surface area contributed by atoms with Gasteiger partial charge in [-0.15, -0.1) is 0 Å². The first-order valence-electron chi connectivity index (χ1n) is 8.31. The largest absolute Gasteiger partial charge is 0.310 e. The van der Waals surface area contributed by atoms with Crippen LogP contribution in [0.2, 0.25) is 0 Å². The van der Waals surface area contributed by atoms with E-state index >= 15 is 0 Å². The van der Waals surface area contributed by atoms with Crippen LogP contribution in [0.25, 0.3) is 0 Å². The van der Waals surface area contributed by atoms with E-state index in [1.807, 2.05) is 35.2 Å². The summed E-state index contributed by atoms with van der Waals surface area (Å²) in [6.07, 6.45) is 3.02. The van der Waals surface area contributed by atoms with E-state index in [-0.39, 0.29) is 24.9 Å². The van der Waals surface area contributed by atoms with Crippen LogP contribution in [0.5, 0.6) is 0 Å². The van der Waals surface area contributed by atoms with Crippen molar-refractivity contribution in [1.82, 2.24) is 9.62 Å². The third-order valence-corrected chi connectivity index (χ3v) is 4.82. The van der Waals surface area contributed by atoms with E-state index in [9.17, 15) is 13.2 Å². The molecule has 0 bridgehead atoms. The second-order valence-electron chi connectivity index (χ2n) is 6.25. The molecular weight excluding hydrogens is 340 g/mol. The monoisotopic (exact) mass is 364 g/mol. The molecule has 1 heterocycles. The normalized spacial score (nSPS) is 18.5. The first-order valence-corrected chi connectivity index (χ1v) is 10.2. The van der Waals surface area contributed by atoms with Gasteiger partial charge in [0.25, 0.3) is 0 Å². The SMILES string of the molecule is CS(=O)(=O)N[C@H]1CCCN(CC(=O)N(CCC#N)c2ccccc2)C1. The zero-order valence-electron chi connectivity index (χ0n) is 14.4. The Morgan fingerprint density at radius 2 is 2.12 bits per heavy atom. The maximum absolute atomic E-state index is 12.7. The fraction of sp³-hybridized carbons (Fsp3) is 0.529. The van der Waals surface area contributed by atoms with Gasteiger partial charge < -0.3 is 4.90 Å². The number of piperidine rings is 1. The lowest BCUT2D eigenvalue weighted by atomic mass is 10.1. The van der Waals surface area contributed by atoms with Gasteiger partial charge >= 0.3 is 0 Å². The fourth-order valence-corrected chi connectivity index (χ4v) is 3.84. The molecule has 1 aliphatic rings. The Bertz CT molecular complexity index is 715. The molecular formula is C17H24N4O3S. The van der Waals surface area contributed by atoms with Gasteiger partial charge in [0, 0.05) is 24.8 Å². The summed E-state index contributed by atoms with van der Waals surface area (Å²) >= 11 is 0. The second-order valence-corrected chi connectivity index (χ2v) is 8.03. The van der Waals surface area contributed by atoms with E-state index in [1.165, 1.54) is 0 Å². The smallest absolute Gasteiger partial charge is 0.241 e. The van der Waals surface area contributed by atoms with Gasteiger partial charge in [0.1, 0.15) is 0 Å². The van der Waals surface area contributed by atoms with Crippen LogP contribution < -0.4 is 9.62 Å². The van der Waals surface area contributed by atoms with Crippen molar-refractivity contribution in [3.05, 3.63) is 30.3 Å². The molecule has 1 aromatic carbocycles. The van der Waals surface area contributed by atoms with Gasteiger partial charge in [-0.2, -0.15) is 5.26 Å². The van der Waals surface area contributed by atoms with Gasteiger partial charge in [-0.3, -0.25) is 9.69 Å². The maximum atomic E-state index is 12.7. The van der Waals surface area contributed by atoms with Crippen LogP contribution in [-0.2, 0) is 14.8 Å². The molecule has 0 unspecified atom stereocenters. The summed E-state index contributed by atoms with van der Waals surface area (Å²) in [5.41, 5.74) is 0.769. The van der Waals surface area contributed by atoms with Crippen LogP contribution in [-0.4, -0.2) is 57.7 Å². The number of benzene rings is 1. The molecule has 1 saturated heterocycles. The highest BCUT2D eigenvalue weighted by atomic mass is 32.2. The molecule has 1 atom stereocenters. The summed E-state index contributed by atoms with van der Waals surface area (Å²) in [5, 5.41) is 8.84. The van der Waals surface area contributed by atoms with Crippen molar-refractivity contribution >= 4 is 21.6 Å². The highest BCUT2D eigenvalue weighted by Gasteiger charge is 2.25. The summed E-state index contributed by atoms with van der Waals surface area (Å²) in [6, 6.07) is 11.2. The van der Waals surface area contributed by atoms with E-state index in [0.717, 1.165) is 31.3 Å². The Labute approximate surface area is 149 Å². The highest BCUT2D eigenvalue weighted by Crippen LogP contribution is 2.16. The zero-order valence-corrected chi connectivity index (χ0v) is 15.2. The predicted molar refractivity (Wildman–Crippen MR) is 96.5 cm³/mol. The quantitative estimate of drug-likeness (QED) is 0.777. The van der Waals surface area contributed by atoms with Gasteiger partial charge in [-0.25, -0.2) is 13.1 Å². The number of carbonyl (C=O) groups excluding carboxylic acids is 1. The number of likely N-dealkylation sites (tertiary alicyclic amines) is 1. The third kappa shape index (κ3) is 6.46. The average Bonchev–Trinajstić information content (AvgIpc) is 2.55. The van der Waals surface area contributed by atoms with Crippen molar-refractivity contribution in [1.29, 1.82) is 5.26 Å². The predicted octanol–water partition coefficient (Wildman–Crippen LogP) is 0.947. The number of amides is 1. The molecule has 25 heavy (non-hydrogen) atoms. The first kappa shape index (κ1) is 19.4. The number of hydrogen-bond acceptors (Lipinski definition) is 5. The summed E-state index contributed by atoms with van der Waals surface area (Å²) in [4.78, 5) is 16.3. The van der Waals surface area contributed by atoms with Gasteiger partial charge in [0.05, 0.1) is 25.3 Å². The minimum Gasteiger partial charge on any atom is -0.310 e. The number of sulfonamides is 1. The van der Waals surface area contributed by atoms with Crippen LogP contribution in [0.3, 0.4) is 0 Å². The molecule has 1 aliphatic heterocycles. The zero-order chi connectivity index (χ0) is 18.3. The lowest BCUT2D eigenvalue weighted by molar-refractivity contribution is -0.120. The first-order chi connectivity index (χ1) is 11.9. The molecule has 0 saturated carbocycles. The molecule has 2 rings (SSSR count). The Morgan fingerprint density at radius 3 is 2.76 bits per heavy atom. The van der Waals surface area contributed by atoms with Crippen LogP contribution in [0.15, 0.2) is 30.3 Å². The molecule has 0 radical (unpaired) electrons. The van der Waals surface area contributed by atoms with E-state index < -0.39 is 10.0 Å². The lowest BCUT2D eigenvalue weighted by Gasteiger charge is -2.33. The molecule has 1 fully saturated rings. The van der Waals surface area contributed by atoms with Crippen molar-refractivity contribution in [3.63, 3.8) is 0 Å². The van der Waals surface area contributed by atoms with Gasteiger partial charge in [-0.05, 0) is 31.5 Å². The number of nitrogens with zero attached hydrogens (tertiary/aromatic N) is 3. The van der Waals surface area contributed by atoms with Crippen LogP contribution in [0.4, 0.5) is 5.69 Å². The molecule has 0 aromatic heterocycles. The van der Waals surface area contributed by atoms with E-state index in [2.05, 4.69) is 10.8 Å². The number of carbonyl (C=O) groups is 1. The number of rotatable bonds is 7. The summed E-state index contributed by atoms with van der Waals surface area (Å²) in [7, 11) is -3.26. The Morgan fingerprint density at radius 1 is 1.40 bits per heavy atom. The Hall–Kier alpha value is -1.95. The van der Waals surface area contributed by atoms with Crippen molar-refractivity contribution in [3.8, 4) is 6.07 Å². The Balaban J connectivity index is 2.01. The summed E-state index contributed by atoms with van der Waals surface area (Å²) in [5.74, 6) is -0.0820. The second kappa shape index (κ2) is 8.94. The molecule has 1 amide bonds. The molecule has 8 heteroatoms. The van der Waals surface area contributed by atoms with Gasteiger partial charge in [0.2, 0.25) is 15.9 Å². The fourth-order valence-electron chi connectivity index (χ4n) is 3.04. The van der Waals surface area contributed by atoms with Crippen molar-refractivity contribution in [2.45, 2.75) is 25.3 Å². The van der Waals surface area contributed by atoms with Crippen LogP contribution in [0.1, 0.15) is 19.3 Å². The third-order valence-electron chi connectivity index (χ3n) is 4.06. The van der Waals surface area contributed by atoms with Crippen LogP contribution >= 0.6 is 0 Å². The molecule has 0 aliphatic carbocycles. The van der Waals surface area contributed by atoms with Crippen LogP contribution in [0, 0.1) is 11.3 Å². The molecule has 1 aromatic rings. The maximum Gasteiger partial charge on any atom is 0.241 e. The highest BCUT2D eigenvalue weighted by molar-refractivity contribution is 7.88. The minimum atomic E-state index is -3.26. The molecule has 0 spiro atoms. The van der Waals surface area contributed by atoms with E-state index in [4.69, 9.17) is 5.26 Å². The van der Waals surface area contributed by atoms with Crippen molar-refractivity contribution in [2.24, 2.45) is 0 Å². The topological polar surface area (TPSA) is 93.5 Å². The number of nitriles is 1. The summed E-state index contributed by atoms with van der Waals surface area (Å²) in [6.45, 7) is 1.83. The Kier molecular flexibility index (Phi) is 6.93. The number of anilines is 1. The molecule has 1 N–H and O–H groups in total. The molecule has 136 valence electrons. The number of para-hydroxylation sites is 1. The average molecular weight is 364 g/mol. The number of nitrogens with one attached hydrogen (secondary N) is 1. The van der Waals surface area contributed by atoms with Gasteiger partial charge in [-0.1, -0.05) is 18.2 Å². The summed E-state index contributed by atoms with van der Waals surface area (Å²) < 4.78 is 25.4.